The summed E-state index contributed by atoms with van der Waals surface area (Å²) >= 11 is 0. The minimum absolute atomic E-state index is 0.00335. The summed E-state index contributed by atoms with van der Waals surface area (Å²) in [6.07, 6.45) is 4.09. The zero-order valence-electron chi connectivity index (χ0n) is 15.2. The van der Waals surface area contributed by atoms with Crippen LogP contribution in [-0.4, -0.2) is 36.7 Å². The van der Waals surface area contributed by atoms with Gasteiger partial charge in [0.2, 0.25) is 5.91 Å². The van der Waals surface area contributed by atoms with E-state index in [1.54, 1.807) is 17.0 Å². The molecule has 1 aliphatic heterocycles. The smallest absolute Gasteiger partial charge is 0.242 e. The first-order valence-corrected chi connectivity index (χ1v) is 8.98. The van der Waals surface area contributed by atoms with Crippen molar-refractivity contribution < 1.29 is 4.79 Å². The molecule has 3 aromatic rings. The Morgan fingerprint density at radius 3 is 2.59 bits per heavy atom. The van der Waals surface area contributed by atoms with E-state index < -0.39 is 0 Å². The van der Waals surface area contributed by atoms with Crippen LogP contribution in [0.25, 0.3) is 0 Å². The van der Waals surface area contributed by atoms with Gasteiger partial charge in [0.05, 0.1) is 12.6 Å². The van der Waals surface area contributed by atoms with E-state index in [4.69, 9.17) is 0 Å². The first-order valence-electron chi connectivity index (χ1n) is 8.98. The summed E-state index contributed by atoms with van der Waals surface area (Å²) in [5.74, 6) is 1.69. The highest BCUT2D eigenvalue weighted by atomic mass is 16.2. The number of carbonyl (C=O) groups excluding carboxylic acids is 1. The molecule has 4 rings (SSSR count). The van der Waals surface area contributed by atoms with Crippen LogP contribution in [0.5, 0.6) is 0 Å². The van der Waals surface area contributed by atoms with Crippen LogP contribution < -0.4 is 5.43 Å². The number of carbonyl (C=O) groups is 1. The van der Waals surface area contributed by atoms with Gasteiger partial charge in [-0.25, -0.2) is 0 Å². The molecule has 0 fully saturated rings. The van der Waals surface area contributed by atoms with Crippen molar-refractivity contribution in [1.29, 1.82) is 0 Å². The zero-order valence-corrected chi connectivity index (χ0v) is 15.2. The normalized spacial score (nSPS) is 16.2. The number of rotatable bonds is 4. The van der Waals surface area contributed by atoms with Crippen LogP contribution in [0.3, 0.4) is 0 Å². The number of hydrogen-bond donors (Lipinski definition) is 0. The molecule has 0 aliphatic carbocycles. The van der Waals surface area contributed by atoms with Crippen molar-refractivity contribution in [3.05, 3.63) is 82.3 Å². The molecule has 0 saturated heterocycles. The highest BCUT2D eigenvalue weighted by Gasteiger charge is 2.30. The summed E-state index contributed by atoms with van der Waals surface area (Å²) in [7, 11) is 0. The third kappa shape index (κ3) is 3.67. The van der Waals surface area contributed by atoms with Gasteiger partial charge in [0.25, 0.3) is 0 Å². The van der Waals surface area contributed by atoms with E-state index >= 15 is 0 Å². The van der Waals surface area contributed by atoms with E-state index in [0.29, 0.717) is 13.1 Å². The number of pyridine rings is 1. The molecule has 138 valence electrons. The van der Waals surface area contributed by atoms with Crippen molar-refractivity contribution in [3.8, 4) is 0 Å². The van der Waals surface area contributed by atoms with Crippen molar-refractivity contribution >= 4 is 5.91 Å². The summed E-state index contributed by atoms with van der Waals surface area (Å²) in [4.78, 5) is 25.9. The number of fused-ring (bicyclic) bond motifs is 1. The number of aromatic nitrogens is 4. The number of aryl methyl sites for hydroxylation is 1. The summed E-state index contributed by atoms with van der Waals surface area (Å²) in [6.45, 7) is 3.21. The standard InChI is InChI=1S/C20H21N5O2/c1-15-21-22-19-13-24(20(27)14-23-9-7-18(26)8-10-23)12-17(25(15)19)11-16-5-3-2-4-6-16/h2-10,17H,11-14H2,1H3/t17-/m1/s1. The van der Waals surface area contributed by atoms with Crippen LogP contribution in [0.2, 0.25) is 0 Å². The van der Waals surface area contributed by atoms with Gasteiger partial charge in [-0.2, -0.15) is 0 Å². The lowest BCUT2D eigenvalue weighted by Gasteiger charge is -2.34. The van der Waals surface area contributed by atoms with Crippen molar-refractivity contribution in [2.75, 3.05) is 6.54 Å². The molecule has 0 N–H and O–H groups in total. The molecule has 0 radical (unpaired) electrons. The molecule has 3 heterocycles. The average Bonchev–Trinajstić information content (AvgIpc) is 3.05. The van der Waals surface area contributed by atoms with Crippen molar-refractivity contribution in [3.63, 3.8) is 0 Å². The van der Waals surface area contributed by atoms with Crippen LogP contribution in [0, 0.1) is 6.92 Å². The fraction of sp³-hybridized carbons (Fsp3) is 0.300. The molecular weight excluding hydrogens is 342 g/mol. The average molecular weight is 363 g/mol. The fourth-order valence-corrected chi connectivity index (χ4v) is 3.60. The first-order chi connectivity index (χ1) is 13.1. The maximum absolute atomic E-state index is 12.8. The second-order valence-corrected chi connectivity index (χ2v) is 6.86. The third-order valence-corrected chi connectivity index (χ3v) is 4.91. The van der Waals surface area contributed by atoms with Gasteiger partial charge in [-0.1, -0.05) is 30.3 Å². The van der Waals surface area contributed by atoms with Gasteiger partial charge in [-0.15, -0.1) is 10.2 Å². The highest BCUT2D eigenvalue weighted by molar-refractivity contribution is 5.76. The summed E-state index contributed by atoms with van der Waals surface area (Å²) in [6, 6.07) is 13.3. The number of nitrogens with zero attached hydrogens (tertiary/aromatic N) is 5. The molecule has 0 saturated carbocycles. The number of hydrogen-bond acceptors (Lipinski definition) is 4. The lowest BCUT2D eigenvalue weighted by Crippen LogP contribution is -2.43. The van der Waals surface area contributed by atoms with Crippen molar-refractivity contribution in [1.82, 2.24) is 24.2 Å². The van der Waals surface area contributed by atoms with Gasteiger partial charge < -0.3 is 14.0 Å². The molecule has 0 unspecified atom stereocenters. The zero-order chi connectivity index (χ0) is 18.8. The molecule has 1 aromatic carbocycles. The Balaban J connectivity index is 1.55. The summed E-state index contributed by atoms with van der Waals surface area (Å²) < 4.78 is 3.87. The molecule has 7 nitrogen and oxygen atoms in total. The van der Waals surface area contributed by atoms with Crippen molar-refractivity contribution in [2.24, 2.45) is 0 Å². The SMILES string of the molecule is Cc1nnc2n1[C@H](Cc1ccccc1)CN(C(=O)Cn1ccc(=O)cc1)C2. The first kappa shape index (κ1) is 17.2. The Hall–Kier alpha value is -3.22. The van der Waals surface area contributed by atoms with Gasteiger partial charge in [0, 0.05) is 31.1 Å². The molecule has 27 heavy (non-hydrogen) atoms. The third-order valence-electron chi connectivity index (χ3n) is 4.91. The van der Waals surface area contributed by atoms with E-state index in [9.17, 15) is 9.59 Å². The summed E-state index contributed by atoms with van der Waals surface area (Å²) in [5.41, 5.74) is 1.15. The molecule has 7 heteroatoms. The van der Waals surface area contributed by atoms with Gasteiger partial charge in [-0.05, 0) is 18.9 Å². The maximum Gasteiger partial charge on any atom is 0.242 e. The Bertz CT molecular complexity index is 988. The lowest BCUT2D eigenvalue weighted by molar-refractivity contribution is -0.134. The van der Waals surface area contributed by atoms with E-state index in [2.05, 4.69) is 26.9 Å². The van der Waals surface area contributed by atoms with Crippen LogP contribution >= 0.6 is 0 Å². The monoisotopic (exact) mass is 363 g/mol. The molecule has 0 spiro atoms. The quantitative estimate of drug-likeness (QED) is 0.705. The van der Waals surface area contributed by atoms with Crippen molar-refractivity contribution in [2.45, 2.75) is 32.5 Å². The number of amides is 1. The van der Waals surface area contributed by atoms with Gasteiger partial charge in [0.1, 0.15) is 12.4 Å². The predicted molar refractivity (Wildman–Crippen MR) is 100 cm³/mol. The van der Waals surface area contributed by atoms with E-state index in [0.717, 1.165) is 18.1 Å². The Kier molecular flexibility index (Phi) is 4.58. The summed E-state index contributed by atoms with van der Waals surface area (Å²) in [5, 5.41) is 8.48. The predicted octanol–water partition coefficient (Wildman–Crippen LogP) is 1.57. The van der Waals surface area contributed by atoms with E-state index in [1.807, 2.05) is 30.0 Å². The minimum atomic E-state index is -0.0665. The topological polar surface area (TPSA) is 73.0 Å². The Labute approximate surface area is 156 Å². The minimum Gasteiger partial charge on any atom is -0.345 e. The fourth-order valence-electron chi connectivity index (χ4n) is 3.60. The largest absolute Gasteiger partial charge is 0.345 e. The van der Waals surface area contributed by atoms with Crippen LogP contribution in [-0.2, 0) is 24.3 Å². The number of benzene rings is 1. The van der Waals surface area contributed by atoms with Gasteiger partial charge >= 0.3 is 0 Å². The van der Waals surface area contributed by atoms with Crippen LogP contribution in [0.1, 0.15) is 23.3 Å². The van der Waals surface area contributed by atoms with Crippen LogP contribution in [0.15, 0.2) is 59.7 Å². The van der Waals surface area contributed by atoms with Gasteiger partial charge in [0.15, 0.2) is 11.3 Å². The molecule has 2 aromatic heterocycles. The lowest BCUT2D eigenvalue weighted by atomic mass is 10.0. The second kappa shape index (κ2) is 7.19. The molecule has 1 aliphatic rings. The molecular formula is C20H21N5O2. The highest BCUT2D eigenvalue weighted by Crippen LogP contribution is 2.25. The molecule has 0 bridgehead atoms. The van der Waals surface area contributed by atoms with Crippen LogP contribution in [0.4, 0.5) is 0 Å². The maximum atomic E-state index is 12.8. The molecule has 1 amide bonds. The van der Waals surface area contributed by atoms with E-state index in [1.165, 1.54) is 17.7 Å². The van der Waals surface area contributed by atoms with E-state index in [-0.39, 0.29) is 23.9 Å². The molecule has 1 atom stereocenters. The van der Waals surface area contributed by atoms with Gasteiger partial charge in [-0.3, -0.25) is 9.59 Å². The Morgan fingerprint density at radius 1 is 1.11 bits per heavy atom. The Morgan fingerprint density at radius 2 is 1.85 bits per heavy atom. The second-order valence-electron chi connectivity index (χ2n) is 6.86.